The molecule has 1 heterocycles. The van der Waals surface area contributed by atoms with Gasteiger partial charge in [-0.2, -0.15) is 0 Å². The number of nitrogens with zero attached hydrogens (tertiary/aromatic N) is 1. The van der Waals surface area contributed by atoms with Crippen LogP contribution in [-0.2, 0) is 0 Å². The van der Waals surface area contributed by atoms with Crippen molar-refractivity contribution in [3.8, 4) is 0 Å². The second-order valence-electron chi connectivity index (χ2n) is 2.82. The fourth-order valence-electron chi connectivity index (χ4n) is 1.08. The first kappa shape index (κ1) is 10.2. The van der Waals surface area contributed by atoms with Crippen LogP contribution in [0, 0.1) is 3.57 Å². The first-order valence-electron chi connectivity index (χ1n) is 4.23. The normalized spacial score (nSPS) is 9.93. The lowest BCUT2D eigenvalue weighted by Gasteiger charge is -2.04. The quantitative estimate of drug-likeness (QED) is 0.867. The van der Waals surface area contributed by atoms with Crippen molar-refractivity contribution in [2.24, 2.45) is 0 Å². The molecule has 0 spiro atoms. The number of benzene rings is 1. The van der Waals surface area contributed by atoms with E-state index >= 15 is 0 Å². The molecule has 0 saturated carbocycles. The number of amides is 1. The molecule has 0 aliphatic rings. The zero-order valence-corrected chi connectivity index (χ0v) is 9.76. The largest absolute Gasteiger partial charge is 0.364 e. The number of halogens is 1. The van der Waals surface area contributed by atoms with Gasteiger partial charge in [0.2, 0.25) is 0 Å². The third-order valence-electron chi connectivity index (χ3n) is 1.79. The molecule has 0 saturated heterocycles. The summed E-state index contributed by atoms with van der Waals surface area (Å²) in [7, 11) is 0. The topological polar surface area (TPSA) is 55.1 Å². The molecule has 0 fully saturated rings. The average Bonchev–Trinajstić information content (AvgIpc) is 2.74. The van der Waals surface area contributed by atoms with E-state index in [0.717, 1.165) is 9.26 Å². The second-order valence-corrected chi connectivity index (χ2v) is 3.98. The molecule has 4 nitrogen and oxygen atoms in total. The molecule has 0 radical (unpaired) electrons. The maximum atomic E-state index is 11.6. The number of aromatic nitrogens is 1. The van der Waals surface area contributed by atoms with Gasteiger partial charge in [0.05, 0.1) is 5.69 Å². The van der Waals surface area contributed by atoms with Gasteiger partial charge in [-0.15, -0.1) is 0 Å². The predicted molar refractivity (Wildman–Crippen MR) is 63.6 cm³/mol. The van der Waals surface area contributed by atoms with Crippen LogP contribution >= 0.6 is 22.6 Å². The second kappa shape index (κ2) is 4.43. The maximum Gasteiger partial charge on any atom is 0.277 e. The highest BCUT2D eigenvalue weighted by Crippen LogP contribution is 2.17. The van der Waals surface area contributed by atoms with Gasteiger partial charge in [0.1, 0.15) is 6.26 Å². The van der Waals surface area contributed by atoms with E-state index in [2.05, 4.69) is 37.6 Å². The van der Waals surface area contributed by atoms with Crippen LogP contribution in [-0.4, -0.2) is 11.1 Å². The van der Waals surface area contributed by atoms with Gasteiger partial charge in [-0.05, 0) is 34.7 Å². The van der Waals surface area contributed by atoms with E-state index in [-0.39, 0.29) is 11.6 Å². The number of hydrogen-bond donors (Lipinski definition) is 1. The van der Waals surface area contributed by atoms with Crippen molar-refractivity contribution in [1.82, 2.24) is 5.16 Å². The van der Waals surface area contributed by atoms with Crippen molar-refractivity contribution >= 4 is 34.2 Å². The van der Waals surface area contributed by atoms with E-state index in [1.807, 2.05) is 24.3 Å². The van der Waals surface area contributed by atoms with Crippen molar-refractivity contribution in [2.45, 2.75) is 0 Å². The van der Waals surface area contributed by atoms with Crippen LogP contribution in [0.3, 0.4) is 0 Å². The number of para-hydroxylation sites is 1. The Morgan fingerprint density at radius 1 is 1.33 bits per heavy atom. The molecule has 5 heteroatoms. The SMILES string of the molecule is O=C(Nc1ccccc1I)c1ccon1. The lowest BCUT2D eigenvalue weighted by molar-refractivity contribution is 0.101. The number of hydrogen-bond acceptors (Lipinski definition) is 3. The van der Waals surface area contributed by atoms with Crippen molar-refractivity contribution in [3.63, 3.8) is 0 Å². The Kier molecular flexibility index (Phi) is 3.00. The molecule has 1 amide bonds. The molecule has 0 unspecified atom stereocenters. The smallest absolute Gasteiger partial charge is 0.277 e. The zero-order chi connectivity index (χ0) is 10.7. The van der Waals surface area contributed by atoms with Gasteiger partial charge in [-0.3, -0.25) is 4.79 Å². The Labute approximate surface area is 99.8 Å². The van der Waals surface area contributed by atoms with Gasteiger partial charge < -0.3 is 9.84 Å². The number of anilines is 1. The van der Waals surface area contributed by atoms with Gasteiger partial charge in [-0.25, -0.2) is 0 Å². The number of carbonyl (C=O) groups is 1. The monoisotopic (exact) mass is 314 g/mol. The maximum absolute atomic E-state index is 11.6. The number of carbonyl (C=O) groups excluding carboxylic acids is 1. The molecular formula is C10H7IN2O2. The molecule has 1 aromatic heterocycles. The van der Waals surface area contributed by atoms with Crippen molar-refractivity contribution in [1.29, 1.82) is 0 Å². The van der Waals surface area contributed by atoms with Crippen LogP contribution in [0.2, 0.25) is 0 Å². The van der Waals surface area contributed by atoms with Crippen LogP contribution in [0.5, 0.6) is 0 Å². The van der Waals surface area contributed by atoms with Gasteiger partial charge in [0, 0.05) is 9.64 Å². The molecule has 2 rings (SSSR count). The Morgan fingerprint density at radius 2 is 2.13 bits per heavy atom. The molecule has 0 aliphatic carbocycles. The Bertz CT molecular complexity index is 468. The van der Waals surface area contributed by atoms with Crippen molar-refractivity contribution in [2.75, 3.05) is 5.32 Å². The summed E-state index contributed by atoms with van der Waals surface area (Å²) in [6, 6.07) is 9.04. The molecule has 0 atom stereocenters. The summed E-state index contributed by atoms with van der Waals surface area (Å²) < 4.78 is 5.57. The summed E-state index contributed by atoms with van der Waals surface area (Å²) in [5.41, 5.74) is 1.04. The van der Waals surface area contributed by atoms with E-state index in [1.165, 1.54) is 12.3 Å². The fraction of sp³-hybridized carbons (Fsp3) is 0. The Balaban J connectivity index is 2.17. The molecule has 0 bridgehead atoms. The van der Waals surface area contributed by atoms with E-state index in [4.69, 9.17) is 0 Å². The van der Waals surface area contributed by atoms with E-state index in [0.29, 0.717) is 0 Å². The summed E-state index contributed by atoms with van der Waals surface area (Å²) >= 11 is 2.15. The summed E-state index contributed by atoms with van der Waals surface area (Å²) in [6.07, 6.45) is 1.37. The molecule has 2 aromatic rings. The summed E-state index contributed by atoms with van der Waals surface area (Å²) in [5.74, 6) is -0.270. The van der Waals surface area contributed by atoms with Crippen LogP contribution in [0.4, 0.5) is 5.69 Å². The highest BCUT2D eigenvalue weighted by atomic mass is 127. The molecule has 76 valence electrons. The molecular weight excluding hydrogens is 307 g/mol. The average molecular weight is 314 g/mol. The Morgan fingerprint density at radius 3 is 2.80 bits per heavy atom. The van der Waals surface area contributed by atoms with Crippen molar-refractivity contribution < 1.29 is 9.32 Å². The minimum Gasteiger partial charge on any atom is -0.364 e. The summed E-state index contributed by atoms with van der Waals surface area (Å²) in [6.45, 7) is 0. The lowest BCUT2D eigenvalue weighted by atomic mass is 10.3. The van der Waals surface area contributed by atoms with Gasteiger partial charge in [0.25, 0.3) is 5.91 Å². The number of rotatable bonds is 2. The molecule has 15 heavy (non-hydrogen) atoms. The minimum absolute atomic E-state index is 0.270. The van der Waals surface area contributed by atoms with E-state index < -0.39 is 0 Å². The third-order valence-corrected chi connectivity index (χ3v) is 2.73. The van der Waals surface area contributed by atoms with E-state index in [1.54, 1.807) is 0 Å². The van der Waals surface area contributed by atoms with Crippen molar-refractivity contribution in [3.05, 3.63) is 45.9 Å². The zero-order valence-electron chi connectivity index (χ0n) is 7.61. The van der Waals surface area contributed by atoms with Crippen LogP contribution < -0.4 is 5.32 Å². The first-order valence-corrected chi connectivity index (χ1v) is 5.31. The molecule has 1 aromatic carbocycles. The third kappa shape index (κ3) is 2.35. The van der Waals surface area contributed by atoms with Gasteiger partial charge in [0.15, 0.2) is 5.69 Å². The van der Waals surface area contributed by atoms with Crippen LogP contribution in [0.25, 0.3) is 0 Å². The van der Waals surface area contributed by atoms with Gasteiger partial charge >= 0.3 is 0 Å². The standard InChI is InChI=1S/C10H7IN2O2/c11-7-3-1-2-4-8(7)12-10(14)9-5-6-15-13-9/h1-6H,(H,12,14). The Hall–Kier alpha value is -1.37. The summed E-state index contributed by atoms with van der Waals surface area (Å²) in [4.78, 5) is 11.6. The fourth-order valence-corrected chi connectivity index (χ4v) is 1.60. The highest BCUT2D eigenvalue weighted by molar-refractivity contribution is 14.1. The molecule has 0 aliphatic heterocycles. The van der Waals surface area contributed by atoms with E-state index in [9.17, 15) is 4.79 Å². The van der Waals surface area contributed by atoms with Gasteiger partial charge in [-0.1, -0.05) is 17.3 Å². The lowest BCUT2D eigenvalue weighted by Crippen LogP contribution is -2.12. The van der Waals surface area contributed by atoms with Crippen LogP contribution in [0.1, 0.15) is 10.5 Å². The summed E-state index contributed by atoms with van der Waals surface area (Å²) in [5, 5.41) is 6.30. The van der Waals surface area contributed by atoms with Crippen LogP contribution in [0.15, 0.2) is 41.1 Å². The first-order chi connectivity index (χ1) is 7.27. The highest BCUT2D eigenvalue weighted by Gasteiger charge is 2.09. The predicted octanol–water partition coefficient (Wildman–Crippen LogP) is 2.53. The number of nitrogens with one attached hydrogen (secondary N) is 1. The molecule has 1 N–H and O–H groups in total. The minimum atomic E-state index is -0.270.